The Labute approximate surface area is 431 Å². The van der Waals surface area contributed by atoms with E-state index in [0.717, 1.165) is 109 Å². The number of unbranched alkanes of at least 4 members (excludes halogenated alkanes) is 9. The Morgan fingerprint density at radius 3 is 2.00 bits per heavy atom. The molecular formula is C53H73N4O13S3+. The van der Waals surface area contributed by atoms with Crippen molar-refractivity contribution in [2.24, 2.45) is 0 Å². The molecule has 400 valence electrons. The first-order valence-electron chi connectivity index (χ1n) is 25.6. The molecule has 0 unspecified atom stereocenters. The van der Waals surface area contributed by atoms with Gasteiger partial charge in [-0.15, -0.1) is 5.06 Å². The quantitative estimate of drug-likeness (QED) is 0.0282. The molecule has 2 aromatic rings. The molecule has 1 saturated heterocycles. The van der Waals surface area contributed by atoms with Crippen LogP contribution in [0, 0.1) is 0 Å². The minimum absolute atomic E-state index is 0.0629. The highest BCUT2D eigenvalue weighted by atomic mass is 32.2. The fourth-order valence-electron chi connectivity index (χ4n) is 10.4. The summed E-state index contributed by atoms with van der Waals surface area (Å²) in [6.45, 7) is 10.0. The van der Waals surface area contributed by atoms with E-state index in [1.165, 1.54) is 12.1 Å². The summed E-state index contributed by atoms with van der Waals surface area (Å²) in [4.78, 5) is 42.4. The van der Waals surface area contributed by atoms with Crippen LogP contribution in [-0.4, -0.2) is 103 Å². The molecule has 0 aromatic heterocycles. The molecule has 20 heteroatoms. The van der Waals surface area contributed by atoms with Gasteiger partial charge < -0.3 is 15.1 Å². The van der Waals surface area contributed by atoms with E-state index in [0.29, 0.717) is 55.9 Å². The molecule has 0 atom stereocenters. The van der Waals surface area contributed by atoms with Gasteiger partial charge in [0.25, 0.3) is 42.2 Å². The van der Waals surface area contributed by atoms with Crippen LogP contribution >= 0.6 is 0 Å². The molecule has 17 nitrogen and oxygen atoms in total. The number of hydrogen-bond acceptors (Lipinski definition) is 12. The average molecular weight is 1070 g/mol. The van der Waals surface area contributed by atoms with E-state index < -0.39 is 53.6 Å². The number of nitrogens with one attached hydrogen (secondary N) is 1. The van der Waals surface area contributed by atoms with Crippen LogP contribution in [0.25, 0.3) is 0 Å². The largest absolute Gasteiger partial charge is 0.385 e. The number of carbonyl (C=O) groups excluding carboxylic acids is 3. The fraction of sp³-hybridized carbons (Fsp3) is 0.547. The van der Waals surface area contributed by atoms with E-state index in [2.05, 4.69) is 65.1 Å². The molecule has 1 aliphatic carbocycles. The van der Waals surface area contributed by atoms with Crippen LogP contribution in [0.1, 0.15) is 154 Å². The standard InChI is InChI=1S/C53H72N4O13S3/c1-52(2)42-22-12-13-23-44(42)55(34-15-17-36-71(61,62)63)46(52)29-25-39-20-19-21-40(51(39)54-33-14-10-8-6-5-7-9-11-24-50(60)70-57-48(58)31-32-49(57)59)26-30-47-53(3,4)43-38-41(73(67,68)69)27-28-45(43)56(47)35-16-18-37-72(64,65)66/h12-13,22-23,25-30,38H,5-11,14-21,24,31-37H2,1-4H3,(H3,61,62,63,64,65,66,67,68,69)/p+1. The first kappa shape index (κ1) is 57.3. The van der Waals surface area contributed by atoms with Crippen LogP contribution in [0.3, 0.4) is 0 Å². The van der Waals surface area contributed by atoms with Crippen LogP contribution in [0.4, 0.5) is 11.4 Å². The SMILES string of the molecule is CC1(C)C(=CC=C2CCCC(C=CC3=[N+](CCCCS(=O)(=O)O)c4ccccc4C3(C)C)=C2NCCCCCCCCCCC(=O)ON2C(=O)CCC2=O)N(CCCCS(=O)(=O)O)c2ccc(S(=O)(=O)O)cc21. The molecule has 0 spiro atoms. The van der Waals surface area contributed by atoms with E-state index in [9.17, 15) is 53.3 Å². The van der Waals surface area contributed by atoms with Gasteiger partial charge in [0.1, 0.15) is 6.54 Å². The predicted octanol–water partition coefficient (Wildman–Crippen LogP) is 8.96. The lowest BCUT2D eigenvalue weighted by Gasteiger charge is -2.28. The molecule has 3 aliphatic heterocycles. The average Bonchev–Trinajstić information content (AvgIpc) is 3.83. The number of hydrogen-bond donors (Lipinski definition) is 4. The number of anilines is 1. The minimum Gasteiger partial charge on any atom is -0.385 e. The van der Waals surface area contributed by atoms with Crippen LogP contribution in [-0.2, 0) is 60.4 Å². The lowest BCUT2D eigenvalue weighted by Crippen LogP contribution is -2.31. The van der Waals surface area contributed by atoms with Gasteiger partial charge in [0.05, 0.1) is 21.8 Å². The van der Waals surface area contributed by atoms with Crippen LogP contribution in [0.2, 0.25) is 0 Å². The number of para-hydroxylation sites is 1. The van der Waals surface area contributed by atoms with Crippen molar-refractivity contribution in [1.29, 1.82) is 0 Å². The second kappa shape index (κ2) is 24.6. The second-order valence-corrected chi connectivity index (χ2v) is 25.0. The Bertz CT molecular complexity index is 2880. The van der Waals surface area contributed by atoms with Crippen LogP contribution in [0.5, 0.6) is 0 Å². The lowest BCUT2D eigenvalue weighted by molar-refractivity contribution is -0.438. The normalized spacial score (nSPS) is 19.0. The lowest BCUT2D eigenvalue weighted by atomic mass is 9.81. The number of amides is 2. The molecule has 73 heavy (non-hydrogen) atoms. The van der Waals surface area contributed by atoms with Gasteiger partial charge in [0, 0.05) is 79.0 Å². The van der Waals surface area contributed by atoms with Crippen molar-refractivity contribution >= 4 is 65.2 Å². The topological polar surface area (TPSA) is 245 Å². The molecule has 3 heterocycles. The summed E-state index contributed by atoms with van der Waals surface area (Å²) >= 11 is 0. The number of allylic oxidation sites excluding steroid dienone is 7. The molecule has 2 amide bonds. The maximum Gasteiger partial charge on any atom is 0.333 e. The predicted molar refractivity (Wildman–Crippen MR) is 280 cm³/mol. The molecule has 6 rings (SSSR count). The van der Waals surface area contributed by atoms with E-state index in [-0.39, 0.29) is 47.5 Å². The Morgan fingerprint density at radius 2 is 1.34 bits per heavy atom. The summed E-state index contributed by atoms with van der Waals surface area (Å²) in [5.41, 5.74) is 7.71. The van der Waals surface area contributed by atoms with E-state index in [1.54, 1.807) is 6.07 Å². The van der Waals surface area contributed by atoms with Crippen LogP contribution < -0.4 is 10.2 Å². The zero-order valence-electron chi connectivity index (χ0n) is 42.6. The van der Waals surface area contributed by atoms with Crippen molar-refractivity contribution in [3.05, 3.63) is 100 Å². The first-order chi connectivity index (χ1) is 34.4. The number of rotatable bonds is 27. The van der Waals surface area contributed by atoms with Gasteiger partial charge in [0.15, 0.2) is 5.71 Å². The zero-order chi connectivity index (χ0) is 53.2. The van der Waals surface area contributed by atoms with Gasteiger partial charge in [-0.25, -0.2) is 4.79 Å². The van der Waals surface area contributed by atoms with Crippen molar-refractivity contribution in [2.45, 2.75) is 159 Å². The van der Waals surface area contributed by atoms with E-state index in [1.807, 2.05) is 26.0 Å². The first-order valence-corrected chi connectivity index (χ1v) is 30.2. The second-order valence-electron chi connectivity index (χ2n) is 20.5. The van der Waals surface area contributed by atoms with Gasteiger partial charge in [-0.05, 0) is 106 Å². The van der Waals surface area contributed by atoms with Gasteiger partial charge >= 0.3 is 5.97 Å². The monoisotopic (exact) mass is 1070 g/mol. The van der Waals surface area contributed by atoms with E-state index in [4.69, 9.17) is 4.84 Å². The Hall–Kier alpha value is -4.99. The summed E-state index contributed by atoms with van der Waals surface area (Å²) in [5.74, 6) is -2.24. The minimum atomic E-state index is -4.50. The van der Waals surface area contributed by atoms with E-state index >= 15 is 0 Å². The van der Waals surface area contributed by atoms with Crippen molar-refractivity contribution in [3.63, 3.8) is 0 Å². The van der Waals surface area contributed by atoms with Crippen molar-refractivity contribution < 1.29 is 62.7 Å². The van der Waals surface area contributed by atoms with Gasteiger partial charge in [-0.2, -0.15) is 29.8 Å². The molecule has 0 radical (unpaired) electrons. The summed E-state index contributed by atoms with van der Waals surface area (Å²) in [7, 11) is -12.7. The number of imide groups is 1. The maximum atomic E-state index is 12.3. The number of carbonyl (C=O) groups is 3. The zero-order valence-corrected chi connectivity index (χ0v) is 45.1. The highest BCUT2D eigenvalue weighted by Gasteiger charge is 2.44. The molecule has 2 aromatic carbocycles. The van der Waals surface area contributed by atoms with Crippen molar-refractivity contribution in [2.75, 3.05) is 36.0 Å². The van der Waals surface area contributed by atoms with Crippen LogP contribution in [0.15, 0.2) is 94.2 Å². The van der Waals surface area contributed by atoms with Crippen molar-refractivity contribution in [3.8, 4) is 0 Å². The Balaban J connectivity index is 1.22. The smallest absolute Gasteiger partial charge is 0.333 e. The summed E-state index contributed by atoms with van der Waals surface area (Å²) in [5, 5.41) is 4.40. The number of fused-ring (bicyclic) bond motifs is 2. The molecule has 0 saturated carbocycles. The molecule has 1 fully saturated rings. The highest BCUT2D eigenvalue weighted by Crippen LogP contribution is 2.49. The third kappa shape index (κ3) is 15.3. The van der Waals surface area contributed by atoms with Gasteiger partial charge in [0.2, 0.25) is 5.69 Å². The molecular weight excluding hydrogens is 997 g/mol. The number of benzene rings is 2. The number of nitrogens with zero attached hydrogens (tertiary/aromatic N) is 3. The van der Waals surface area contributed by atoms with Gasteiger partial charge in [-0.3, -0.25) is 23.2 Å². The summed E-state index contributed by atoms with van der Waals surface area (Å²) < 4.78 is 102. The fourth-order valence-corrected chi connectivity index (χ4v) is 12.0. The molecule has 0 bridgehead atoms. The summed E-state index contributed by atoms with van der Waals surface area (Å²) in [6, 6.07) is 12.7. The third-order valence-electron chi connectivity index (χ3n) is 14.3. The third-order valence-corrected chi connectivity index (χ3v) is 16.7. The molecule has 4 N–H and O–H groups in total. The van der Waals surface area contributed by atoms with Crippen molar-refractivity contribution in [1.82, 2.24) is 10.4 Å². The highest BCUT2D eigenvalue weighted by molar-refractivity contribution is 7.86. The maximum absolute atomic E-state index is 12.3. The Morgan fingerprint density at radius 1 is 0.712 bits per heavy atom. The molecule has 4 aliphatic rings. The number of hydroxylamine groups is 2. The van der Waals surface area contributed by atoms with Gasteiger partial charge in [-0.1, -0.05) is 82.7 Å². The Kier molecular flexibility index (Phi) is 19.3. The summed E-state index contributed by atoms with van der Waals surface area (Å²) in [6.07, 6.45) is 20.2.